The summed E-state index contributed by atoms with van der Waals surface area (Å²) < 4.78 is 4.66. The highest BCUT2D eigenvalue weighted by atomic mass is 16.5. The minimum absolute atomic E-state index is 0.0503. The highest BCUT2D eigenvalue weighted by molar-refractivity contribution is 5.54. The fraction of sp³-hybridized carbons (Fsp3) is 0.200. The van der Waals surface area contributed by atoms with Crippen molar-refractivity contribution in [3.8, 4) is 11.4 Å². The molecule has 1 aromatic heterocycles. The molecule has 0 bridgehead atoms. The van der Waals surface area contributed by atoms with Crippen molar-refractivity contribution in [3.63, 3.8) is 0 Å². The van der Waals surface area contributed by atoms with Gasteiger partial charge in [-0.25, -0.2) is 0 Å². The Labute approximate surface area is 81.7 Å². The third-order valence-corrected chi connectivity index (χ3v) is 2.06. The quantitative estimate of drug-likeness (QED) is 0.781. The van der Waals surface area contributed by atoms with Gasteiger partial charge in [-0.2, -0.15) is 4.98 Å². The zero-order valence-corrected chi connectivity index (χ0v) is 7.84. The van der Waals surface area contributed by atoms with Gasteiger partial charge < -0.3 is 10.3 Å². The number of nitrogens with zero attached hydrogens (tertiary/aromatic N) is 2. The van der Waals surface area contributed by atoms with Crippen LogP contribution in [0.2, 0.25) is 0 Å². The van der Waals surface area contributed by atoms with Crippen molar-refractivity contribution >= 4 is 0 Å². The van der Waals surface area contributed by atoms with E-state index in [9.17, 15) is 0 Å². The number of rotatable bonds is 2. The molecule has 72 valence electrons. The number of benzene rings is 1. The molecule has 0 spiro atoms. The van der Waals surface area contributed by atoms with Crippen LogP contribution in [-0.4, -0.2) is 10.1 Å². The van der Waals surface area contributed by atoms with Crippen molar-refractivity contribution in [2.45, 2.75) is 13.0 Å². The number of hydrogen-bond donors (Lipinski definition) is 1. The molecule has 0 amide bonds. The molecule has 1 atom stereocenters. The van der Waals surface area contributed by atoms with E-state index >= 15 is 0 Å². The summed E-state index contributed by atoms with van der Waals surface area (Å²) in [7, 11) is 0. The predicted molar refractivity (Wildman–Crippen MR) is 52.3 cm³/mol. The first-order chi connectivity index (χ1) is 6.77. The van der Waals surface area contributed by atoms with Crippen LogP contribution < -0.4 is 5.73 Å². The van der Waals surface area contributed by atoms with Gasteiger partial charge in [-0.3, -0.25) is 0 Å². The molecule has 0 aliphatic heterocycles. The van der Waals surface area contributed by atoms with Crippen molar-refractivity contribution in [2.75, 3.05) is 0 Å². The van der Waals surface area contributed by atoms with E-state index in [4.69, 9.17) is 5.73 Å². The van der Waals surface area contributed by atoms with Gasteiger partial charge in [0.2, 0.25) is 12.2 Å². The van der Waals surface area contributed by atoms with Crippen molar-refractivity contribution in [1.82, 2.24) is 10.1 Å². The van der Waals surface area contributed by atoms with Crippen LogP contribution in [0.5, 0.6) is 0 Å². The molecule has 14 heavy (non-hydrogen) atoms. The Hall–Kier alpha value is -1.68. The van der Waals surface area contributed by atoms with Gasteiger partial charge >= 0.3 is 0 Å². The maximum atomic E-state index is 5.73. The monoisotopic (exact) mass is 189 g/mol. The molecule has 2 aromatic rings. The van der Waals surface area contributed by atoms with E-state index in [1.54, 1.807) is 0 Å². The van der Waals surface area contributed by atoms with Gasteiger partial charge in [0.1, 0.15) is 0 Å². The third-order valence-electron chi connectivity index (χ3n) is 2.06. The predicted octanol–water partition coefficient (Wildman–Crippen LogP) is 1.76. The van der Waals surface area contributed by atoms with Crippen LogP contribution >= 0.6 is 0 Å². The topological polar surface area (TPSA) is 64.9 Å². The summed E-state index contributed by atoms with van der Waals surface area (Å²) in [5, 5.41) is 3.74. The number of hydrogen-bond acceptors (Lipinski definition) is 4. The van der Waals surface area contributed by atoms with E-state index in [0.717, 1.165) is 11.1 Å². The van der Waals surface area contributed by atoms with Gasteiger partial charge in [0, 0.05) is 11.6 Å². The van der Waals surface area contributed by atoms with E-state index < -0.39 is 0 Å². The molecule has 1 aromatic carbocycles. The summed E-state index contributed by atoms with van der Waals surface area (Å²) >= 11 is 0. The lowest BCUT2D eigenvalue weighted by molar-refractivity contribution is 0.419. The molecular weight excluding hydrogens is 178 g/mol. The lowest BCUT2D eigenvalue weighted by Crippen LogP contribution is -2.04. The van der Waals surface area contributed by atoms with Crippen LogP contribution in [0.4, 0.5) is 0 Å². The fourth-order valence-corrected chi connectivity index (χ4v) is 1.23. The van der Waals surface area contributed by atoms with Crippen molar-refractivity contribution in [1.29, 1.82) is 0 Å². The Morgan fingerprint density at radius 1 is 1.29 bits per heavy atom. The highest BCUT2D eigenvalue weighted by Gasteiger charge is 2.03. The molecule has 2 N–H and O–H groups in total. The first-order valence-electron chi connectivity index (χ1n) is 4.39. The molecule has 1 unspecified atom stereocenters. The maximum absolute atomic E-state index is 5.73. The molecule has 0 saturated carbocycles. The molecule has 2 rings (SSSR count). The van der Waals surface area contributed by atoms with E-state index in [0.29, 0.717) is 5.82 Å². The lowest BCUT2D eigenvalue weighted by atomic mass is 10.1. The Morgan fingerprint density at radius 2 is 2.00 bits per heavy atom. The smallest absolute Gasteiger partial charge is 0.214 e. The second-order valence-corrected chi connectivity index (χ2v) is 3.17. The molecule has 4 heteroatoms. The van der Waals surface area contributed by atoms with Crippen molar-refractivity contribution in [2.24, 2.45) is 5.73 Å². The Balaban J connectivity index is 2.31. The molecule has 0 aliphatic carbocycles. The van der Waals surface area contributed by atoms with E-state index in [1.807, 2.05) is 31.2 Å². The zero-order chi connectivity index (χ0) is 9.97. The first-order valence-corrected chi connectivity index (χ1v) is 4.39. The fourth-order valence-electron chi connectivity index (χ4n) is 1.23. The molecule has 0 saturated heterocycles. The molecule has 1 heterocycles. The Kier molecular flexibility index (Phi) is 2.28. The van der Waals surface area contributed by atoms with Gasteiger partial charge in [0.15, 0.2) is 0 Å². The summed E-state index contributed by atoms with van der Waals surface area (Å²) in [5.74, 6) is 0.598. The summed E-state index contributed by atoms with van der Waals surface area (Å²) in [4.78, 5) is 3.95. The summed E-state index contributed by atoms with van der Waals surface area (Å²) in [5.41, 5.74) is 7.76. The lowest BCUT2D eigenvalue weighted by Gasteiger charge is -2.04. The second-order valence-electron chi connectivity index (χ2n) is 3.17. The molecule has 4 nitrogen and oxygen atoms in total. The van der Waals surface area contributed by atoms with Crippen LogP contribution in [0, 0.1) is 0 Å². The van der Waals surface area contributed by atoms with E-state index in [-0.39, 0.29) is 6.04 Å². The standard InChI is InChI=1S/C10H11N3O/c1-7(11)8-2-4-9(5-3-8)10-12-6-14-13-10/h2-7H,11H2,1H3. The molecule has 0 radical (unpaired) electrons. The minimum Gasteiger partial charge on any atom is -0.342 e. The summed E-state index contributed by atoms with van der Waals surface area (Å²) in [6.07, 6.45) is 1.31. The normalized spacial score (nSPS) is 12.7. The van der Waals surface area contributed by atoms with Gasteiger partial charge in [-0.15, -0.1) is 0 Å². The first kappa shape index (κ1) is 8.90. The average Bonchev–Trinajstić information content (AvgIpc) is 2.71. The van der Waals surface area contributed by atoms with Crippen LogP contribution in [0.1, 0.15) is 18.5 Å². The average molecular weight is 189 g/mol. The van der Waals surface area contributed by atoms with Crippen LogP contribution in [0.25, 0.3) is 11.4 Å². The van der Waals surface area contributed by atoms with Gasteiger partial charge in [0.25, 0.3) is 0 Å². The maximum Gasteiger partial charge on any atom is 0.214 e. The van der Waals surface area contributed by atoms with E-state index in [2.05, 4.69) is 14.7 Å². The van der Waals surface area contributed by atoms with Gasteiger partial charge in [-0.05, 0) is 12.5 Å². The highest BCUT2D eigenvalue weighted by Crippen LogP contribution is 2.17. The molecule has 0 fully saturated rings. The van der Waals surface area contributed by atoms with E-state index in [1.165, 1.54) is 6.39 Å². The van der Waals surface area contributed by atoms with Crippen LogP contribution in [-0.2, 0) is 0 Å². The minimum atomic E-state index is 0.0503. The molecular formula is C10H11N3O. The Morgan fingerprint density at radius 3 is 2.50 bits per heavy atom. The summed E-state index contributed by atoms with van der Waals surface area (Å²) in [6.45, 7) is 1.95. The largest absolute Gasteiger partial charge is 0.342 e. The second kappa shape index (κ2) is 3.59. The summed E-state index contributed by atoms with van der Waals surface area (Å²) in [6, 6.07) is 7.86. The zero-order valence-electron chi connectivity index (χ0n) is 7.84. The number of nitrogens with two attached hydrogens (primary N) is 1. The van der Waals surface area contributed by atoms with Gasteiger partial charge in [-0.1, -0.05) is 29.4 Å². The van der Waals surface area contributed by atoms with Crippen molar-refractivity contribution < 1.29 is 4.52 Å². The molecule has 0 aliphatic rings. The SMILES string of the molecule is CC(N)c1ccc(-c2ncon2)cc1. The Bertz CT molecular complexity index is 392. The van der Waals surface area contributed by atoms with Crippen molar-refractivity contribution in [3.05, 3.63) is 36.2 Å². The number of aromatic nitrogens is 2. The third kappa shape index (κ3) is 1.65. The van der Waals surface area contributed by atoms with Crippen LogP contribution in [0.15, 0.2) is 35.2 Å². The van der Waals surface area contributed by atoms with Crippen LogP contribution in [0.3, 0.4) is 0 Å². The van der Waals surface area contributed by atoms with Gasteiger partial charge in [0.05, 0.1) is 0 Å².